The van der Waals surface area contributed by atoms with E-state index in [2.05, 4.69) is 4.98 Å². The third-order valence-corrected chi connectivity index (χ3v) is 11.8. The molecule has 1 saturated carbocycles. The Bertz CT molecular complexity index is 1670. The van der Waals surface area contributed by atoms with Crippen LogP contribution in [0.25, 0.3) is 0 Å². The highest BCUT2D eigenvalue weighted by Gasteiger charge is 2.56. The van der Waals surface area contributed by atoms with Gasteiger partial charge >= 0.3 is 5.97 Å². The molecule has 1 saturated heterocycles. The number of amides is 1. The predicted molar refractivity (Wildman–Crippen MR) is 174 cm³/mol. The van der Waals surface area contributed by atoms with E-state index < -0.39 is 44.3 Å². The van der Waals surface area contributed by atoms with Gasteiger partial charge in [-0.25, -0.2) is 13.2 Å². The molecule has 5 rings (SSSR count). The van der Waals surface area contributed by atoms with Crippen LogP contribution in [-0.4, -0.2) is 59.4 Å². The third-order valence-electron chi connectivity index (χ3n) is 8.66. The lowest BCUT2D eigenvalue weighted by Gasteiger charge is -2.52. The van der Waals surface area contributed by atoms with Gasteiger partial charge < -0.3 is 14.4 Å². The highest BCUT2D eigenvalue weighted by atomic mass is 35.5. The van der Waals surface area contributed by atoms with Crippen molar-refractivity contribution in [3.8, 4) is 0 Å². The molecule has 2 unspecified atom stereocenters. The molecule has 2 heterocycles. The first-order chi connectivity index (χ1) is 21.1. The van der Waals surface area contributed by atoms with Gasteiger partial charge in [0.05, 0.1) is 29.2 Å². The number of morpholine rings is 1. The molecule has 45 heavy (non-hydrogen) atoms. The number of hydrogen-bond donors (Lipinski definition) is 0. The molecule has 3 aromatic rings. The predicted octanol–water partition coefficient (Wildman–Crippen LogP) is 6.81. The molecule has 1 amide bonds. The summed E-state index contributed by atoms with van der Waals surface area (Å²) in [6.45, 7) is 6.78. The summed E-state index contributed by atoms with van der Waals surface area (Å²) in [7, 11) is -2.33. The van der Waals surface area contributed by atoms with E-state index in [0.29, 0.717) is 15.7 Å². The lowest BCUT2D eigenvalue weighted by molar-refractivity contribution is -0.202. The third kappa shape index (κ3) is 7.07. The molecule has 0 N–H and O–H groups in total. The maximum Gasteiger partial charge on any atom is 0.339 e. The van der Waals surface area contributed by atoms with Crippen LogP contribution >= 0.6 is 23.2 Å². The highest BCUT2D eigenvalue weighted by molar-refractivity contribution is 7.92. The number of nitrogens with zero attached hydrogens (tertiary/aromatic N) is 2. The highest BCUT2D eigenvalue weighted by Crippen LogP contribution is 2.50. The number of pyridine rings is 1. The van der Waals surface area contributed by atoms with Crippen molar-refractivity contribution in [2.24, 2.45) is 5.92 Å². The molecule has 2 fully saturated rings. The van der Waals surface area contributed by atoms with Crippen molar-refractivity contribution in [2.75, 3.05) is 12.9 Å². The van der Waals surface area contributed by atoms with Crippen molar-refractivity contribution in [3.63, 3.8) is 0 Å². The zero-order valence-corrected chi connectivity index (χ0v) is 28.3. The van der Waals surface area contributed by atoms with Crippen LogP contribution in [0, 0.1) is 5.92 Å². The summed E-state index contributed by atoms with van der Waals surface area (Å²) < 4.78 is 38.1. The summed E-state index contributed by atoms with van der Waals surface area (Å²) in [5, 5.41) is 1.04. The summed E-state index contributed by atoms with van der Waals surface area (Å²) in [4.78, 5) is 33.1. The average molecular weight is 674 g/mol. The van der Waals surface area contributed by atoms with Crippen LogP contribution in [0.4, 0.5) is 0 Å². The standard InChI is InChI=1S/C34H38Cl2N2O6S/c1-33(2,3)45(41,42)20-28(21-9-10-21)38-29(22-11-14-25(35)15-12-22)30(23-7-6-8-26(36)17-23)44-34(4,32(38)40)18-27-16-13-24(19-37-27)31(39)43-5/h6-8,11-17,19,21,28-30H,9-10,18,20H2,1-5H3/t28?,29?,30-,34-/m1/s1. The number of halogens is 2. The minimum absolute atomic E-state index is 0.0145. The van der Waals surface area contributed by atoms with E-state index in [9.17, 15) is 18.0 Å². The number of rotatable bonds is 9. The zero-order valence-electron chi connectivity index (χ0n) is 26.0. The van der Waals surface area contributed by atoms with Gasteiger partial charge in [-0.2, -0.15) is 0 Å². The molecule has 1 aliphatic heterocycles. The Hall–Kier alpha value is -2.98. The fourth-order valence-electron chi connectivity index (χ4n) is 5.86. The lowest BCUT2D eigenvalue weighted by Crippen LogP contribution is -2.62. The maximum absolute atomic E-state index is 14.9. The first kappa shape index (κ1) is 33.4. The van der Waals surface area contributed by atoms with Crippen LogP contribution in [0.2, 0.25) is 10.0 Å². The monoisotopic (exact) mass is 672 g/mol. The maximum atomic E-state index is 14.9. The molecule has 0 bridgehead atoms. The molecule has 2 aromatic carbocycles. The summed E-state index contributed by atoms with van der Waals surface area (Å²) in [5.74, 6) is -1.02. The summed E-state index contributed by atoms with van der Waals surface area (Å²) >= 11 is 12.8. The second-order valence-corrected chi connectivity index (χ2v) is 16.7. The number of esters is 1. The van der Waals surface area contributed by atoms with Gasteiger partial charge in [0.2, 0.25) is 0 Å². The van der Waals surface area contributed by atoms with Crippen LogP contribution in [0.15, 0.2) is 66.9 Å². The Morgan fingerprint density at radius 1 is 1.07 bits per heavy atom. The van der Waals surface area contributed by atoms with Gasteiger partial charge in [0.1, 0.15) is 6.10 Å². The second-order valence-electron chi connectivity index (χ2n) is 13.0. The van der Waals surface area contributed by atoms with Crippen molar-refractivity contribution in [1.29, 1.82) is 0 Å². The Labute approximate surface area is 274 Å². The Balaban J connectivity index is 1.67. The first-order valence-electron chi connectivity index (χ1n) is 14.9. The number of ether oxygens (including phenoxy) is 2. The largest absolute Gasteiger partial charge is 0.465 e. The topological polar surface area (TPSA) is 103 Å². The van der Waals surface area contributed by atoms with Crippen molar-refractivity contribution in [2.45, 2.75) is 75.5 Å². The average Bonchev–Trinajstić information content (AvgIpc) is 3.83. The first-order valence-corrected chi connectivity index (χ1v) is 17.3. The van der Waals surface area contributed by atoms with Crippen LogP contribution < -0.4 is 0 Å². The van der Waals surface area contributed by atoms with Gasteiger partial charge in [0.25, 0.3) is 5.91 Å². The van der Waals surface area contributed by atoms with E-state index in [1.807, 2.05) is 30.3 Å². The molecule has 0 radical (unpaired) electrons. The molecule has 4 atom stereocenters. The summed E-state index contributed by atoms with van der Waals surface area (Å²) in [6.07, 6.45) is 2.41. The molecular weight excluding hydrogens is 635 g/mol. The Morgan fingerprint density at radius 3 is 2.31 bits per heavy atom. The number of hydrogen-bond acceptors (Lipinski definition) is 7. The number of carbonyl (C=O) groups excluding carboxylic acids is 2. The van der Waals surface area contributed by atoms with Crippen LogP contribution in [0.3, 0.4) is 0 Å². The molecule has 1 aromatic heterocycles. The number of carbonyl (C=O) groups is 2. The number of aromatic nitrogens is 1. The van der Waals surface area contributed by atoms with E-state index in [-0.39, 0.29) is 29.6 Å². The Morgan fingerprint density at radius 2 is 1.76 bits per heavy atom. The van der Waals surface area contributed by atoms with Crippen LogP contribution in [-0.2, 0) is 30.5 Å². The molecule has 0 spiro atoms. The van der Waals surface area contributed by atoms with Gasteiger partial charge in [0, 0.05) is 34.4 Å². The fourth-order valence-corrected chi connectivity index (χ4v) is 7.56. The summed E-state index contributed by atoms with van der Waals surface area (Å²) in [6, 6.07) is 16.5. The fraction of sp³-hybridized carbons (Fsp3) is 0.441. The van der Waals surface area contributed by atoms with Crippen LogP contribution in [0.5, 0.6) is 0 Å². The van der Waals surface area contributed by atoms with Crippen molar-refractivity contribution < 1.29 is 27.5 Å². The van der Waals surface area contributed by atoms with Crippen molar-refractivity contribution >= 4 is 44.9 Å². The quantitative estimate of drug-likeness (QED) is 0.230. The molecule has 240 valence electrons. The van der Waals surface area contributed by atoms with E-state index in [4.69, 9.17) is 32.7 Å². The van der Waals surface area contributed by atoms with Crippen molar-refractivity contribution in [3.05, 3.63) is 99.3 Å². The molecule has 2 aliphatic rings. The van der Waals surface area contributed by atoms with E-state index in [1.165, 1.54) is 13.3 Å². The van der Waals surface area contributed by atoms with E-state index >= 15 is 0 Å². The zero-order chi connectivity index (χ0) is 32.7. The molecule has 8 nitrogen and oxygen atoms in total. The minimum Gasteiger partial charge on any atom is -0.465 e. The molecular formula is C34H38Cl2N2O6S. The van der Waals surface area contributed by atoms with E-state index in [1.54, 1.807) is 62.9 Å². The molecule has 1 aliphatic carbocycles. The van der Waals surface area contributed by atoms with Gasteiger partial charge in [0.15, 0.2) is 15.4 Å². The Kier molecular flexibility index (Phi) is 9.40. The lowest BCUT2D eigenvalue weighted by atomic mass is 9.85. The van der Waals surface area contributed by atoms with Gasteiger partial charge in [-0.3, -0.25) is 9.78 Å². The number of methoxy groups -OCH3 is 1. The van der Waals surface area contributed by atoms with Gasteiger partial charge in [-0.15, -0.1) is 0 Å². The minimum atomic E-state index is -3.62. The van der Waals surface area contributed by atoms with Crippen molar-refractivity contribution in [1.82, 2.24) is 9.88 Å². The van der Waals surface area contributed by atoms with Crippen LogP contribution in [0.1, 0.15) is 79.9 Å². The number of sulfone groups is 1. The number of benzene rings is 2. The van der Waals surface area contributed by atoms with E-state index in [0.717, 1.165) is 24.0 Å². The molecule has 11 heteroatoms. The smallest absolute Gasteiger partial charge is 0.339 e. The normalized spacial score (nSPS) is 23.1. The van der Waals surface area contributed by atoms with Gasteiger partial charge in [-0.1, -0.05) is 47.5 Å². The SMILES string of the molecule is COC(=O)c1ccc(C[C@@]2(C)O[C@H](c3cccc(Cl)c3)C(c3ccc(Cl)cc3)N(C(CS(=O)(=O)C(C)(C)C)C3CC3)C2=O)nc1. The van der Waals surface area contributed by atoms with Gasteiger partial charge in [-0.05, 0) is 94.0 Å². The summed E-state index contributed by atoms with van der Waals surface area (Å²) in [5.41, 5.74) is 0.879. The second kappa shape index (κ2) is 12.7.